The molecule has 4 aromatic carbocycles. The van der Waals surface area contributed by atoms with Gasteiger partial charge in [-0.2, -0.15) is 0 Å². The van der Waals surface area contributed by atoms with Gasteiger partial charge in [0.1, 0.15) is 0 Å². The predicted molar refractivity (Wildman–Crippen MR) is 94.5 cm³/mol. The monoisotopic (exact) mass is 283 g/mol. The highest BCUT2D eigenvalue weighted by atomic mass is 15.4. The van der Waals surface area contributed by atoms with Crippen LogP contribution in [0, 0.1) is 0 Å². The largest absolute Gasteiger partial charge is 0.597 e. The van der Waals surface area contributed by atoms with Crippen LogP contribution in [0.1, 0.15) is 0 Å². The van der Waals surface area contributed by atoms with E-state index >= 15 is 0 Å². The Balaban J connectivity index is 1.69. The molecule has 0 amide bonds. The summed E-state index contributed by atoms with van der Waals surface area (Å²) in [6.45, 7) is 0. The Morgan fingerprint density at radius 3 is 1.95 bits per heavy atom. The molecule has 0 aromatic heterocycles. The molecule has 4 aromatic rings. The first-order chi connectivity index (χ1) is 10.9. The molecule has 0 saturated heterocycles. The Kier molecular flexibility index (Phi) is 3.13. The summed E-state index contributed by atoms with van der Waals surface area (Å²) < 4.78 is 0. The minimum atomic E-state index is 0.950. The van der Waals surface area contributed by atoms with Crippen LogP contribution >= 0.6 is 0 Å². The molecule has 0 atom stereocenters. The quantitative estimate of drug-likeness (QED) is 0.457. The molecule has 106 valence electrons. The lowest BCUT2D eigenvalue weighted by molar-refractivity contribution is 1.54. The molecule has 0 spiro atoms. The van der Waals surface area contributed by atoms with Gasteiger partial charge in [-0.1, -0.05) is 78.9 Å². The van der Waals surface area contributed by atoms with Crippen LogP contribution in [-0.2, 0) is 0 Å². The normalized spacial score (nSPS) is 10.7. The van der Waals surface area contributed by atoms with Crippen molar-refractivity contribution in [1.29, 1.82) is 0 Å². The van der Waals surface area contributed by atoms with E-state index in [1.807, 2.05) is 42.5 Å². The predicted octanol–water partition coefficient (Wildman–Crippen LogP) is 6.03. The minimum Gasteiger partial charge on any atom is -0.597 e. The number of fused-ring (bicyclic) bond motifs is 2. The second kappa shape index (κ2) is 5.41. The van der Waals surface area contributed by atoms with E-state index in [2.05, 4.69) is 53.3 Å². The van der Waals surface area contributed by atoms with Crippen molar-refractivity contribution in [2.24, 2.45) is 0 Å². The molecule has 0 heterocycles. The Morgan fingerprint density at radius 1 is 0.545 bits per heavy atom. The molecule has 0 saturated carbocycles. The summed E-state index contributed by atoms with van der Waals surface area (Å²) in [6, 6.07) is 29.0. The first kappa shape index (κ1) is 12.7. The Hall–Kier alpha value is -3.00. The topological polar surface area (TPSA) is 26.1 Å². The smallest absolute Gasteiger partial charge is 0.0286 e. The van der Waals surface area contributed by atoms with Gasteiger partial charge in [0.05, 0.1) is 0 Å². The first-order valence-corrected chi connectivity index (χ1v) is 7.34. The van der Waals surface area contributed by atoms with Crippen LogP contribution in [0.15, 0.2) is 84.9 Å². The summed E-state index contributed by atoms with van der Waals surface area (Å²) in [5.74, 6) is 0. The van der Waals surface area contributed by atoms with E-state index in [4.69, 9.17) is 0 Å². The summed E-state index contributed by atoms with van der Waals surface area (Å²) in [7, 11) is 0. The zero-order chi connectivity index (χ0) is 14.8. The van der Waals surface area contributed by atoms with Crippen LogP contribution in [0.2, 0.25) is 0 Å². The number of hydrogen-bond donors (Lipinski definition) is 1. The second-order valence-electron chi connectivity index (χ2n) is 5.25. The number of anilines is 1. The molecule has 1 N–H and O–H groups in total. The summed E-state index contributed by atoms with van der Waals surface area (Å²) in [6.07, 6.45) is 0. The maximum atomic E-state index is 4.60. The van der Waals surface area contributed by atoms with E-state index in [-0.39, 0.29) is 0 Å². The van der Waals surface area contributed by atoms with Crippen molar-refractivity contribution in [1.82, 2.24) is 0 Å². The molecule has 2 nitrogen and oxygen atoms in total. The molecule has 22 heavy (non-hydrogen) atoms. The van der Waals surface area contributed by atoms with E-state index in [0.29, 0.717) is 0 Å². The SMILES string of the molecule is c1ccc2c([N-]Nc3cccc4ccccc34)cccc2c1. The van der Waals surface area contributed by atoms with E-state index in [1.165, 1.54) is 16.2 Å². The van der Waals surface area contributed by atoms with Crippen LogP contribution < -0.4 is 5.43 Å². The van der Waals surface area contributed by atoms with E-state index in [9.17, 15) is 0 Å². The molecule has 0 unspecified atom stereocenters. The first-order valence-electron chi connectivity index (χ1n) is 7.34. The van der Waals surface area contributed by atoms with Gasteiger partial charge in [0.15, 0.2) is 0 Å². The van der Waals surface area contributed by atoms with Crippen molar-refractivity contribution < 1.29 is 0 Å². The average molecular weight is 283 g/mol. The molecule has 0 aliphatic carbocycles. The fourth-order valence-electron chi connectivity index (χ4n) is 2.75. The van der Waals surface area contributed by atoms with Crippen molar-refractivity contribution in [2.45, 2.75) is 0 Å². The summed E-state index contributed by atoms with van der Waals surface area (Å²) >= 11 is 0. The fraction of sp³-hybridized carbons (Fsp3) is 0. The van der Waals surface area contributed by atoms with Crippen LogP contribution in [0.4, 0.5) is 11.4 Å². The van der Waals surface area contributed by atoms with Crippen LogP contribution in [0.3, 0.4) is 0 Å². The zero-order valence-corrected chi connectivity index (χ0v) is 12.0. The highest BCUT2D eigenvalue weighted by Gasteiger charge is 1.96. The van der Waals surface area contributed by atoms with Gasteiger partial charge in [-0.15, -0.1) is 5.69 Å². The Bertz CT molecular complexity index is 854. The molecule has 0 radical (unpaired) electrons. The molecule has 0 fully saturated rings. The van der Waals surface area contributed by atoms with Gasteiger partial charge in [0.2, 0.25) is 0 Å². The highest BCUT2D eigenvalue weighted by molar-refractivity contribution is 5.98. The van der Waals surface area contributed by atoms with Crippen molar-refractivity contribution in [3.8, 4) is 0 Å². The third-order valence-electron chi connectivity index (χ3n) is 3.85. The van der Waals surface area contributed by atoms with Crippen LogP contribution in [0.5, 0.6) is 0 Å². The molecular weight excluding hydrogens is 268 g/mol. The second-order valence-corrected chi connectivity index (χ2v) is 5.25. The number of hydrogen-bond acceptors (Lipinski definition) is 1. The fourth-order valence-corrected chi connectivity index (χ4v) is 2.75. The van der Waals surface area contributed by atoms with Gasteiger partial charge >= 0.3 is 0 Å². The lowest BCUT2D eigenvalue weighted by Crippen LogP contribution is -1.91. The molecule has 0 aliphatic rings. The number of rotatable bonds is 3. The number of nitrogens with one attached hydrogen (secondary N) is 1. The van der Waals surface area contributed by atoms with Gasteiger partial charge in [-0.05, 0) is 22.2 Å². The van der Waals surface area contributed by atoms with Crippen LogP contribution in [0.25, 0.3) is 27.0 Å². The van der Waals surface area contributed by atoms with E-state index in [1.54, 1.807) is 0 Å². The van der Waals surface area contributed by atoms with Crippen molar-refractivity contribution >= 4 is 32.9 Å². The van der Waals surface area contributed by atoms with Crippen molar-refractivity contribution in [3.63, 3.8) is 0 Å². The lowest BCUT2D eigenvalue weighted by Gasteiger charge is -2.27. The summed E-state index contributed by atoms with van der Waals surface area (Å²) in [4.78, 5) is 0. The lowest BCUT2D eigenvalue weighted by atomic mass is 10.1. The van der Waals surface area contributed by atoms with E-state index in [0.717, 1.165) is 16.8 Å². The van der Waals surface area contributed by atoms with Gasteiger partial charge in [-0.25, -0.2) is 0 Å². The molecular formula is C20H15N2-. The minimum absolute atomic E-state index is 0.950. The molecule has 2 heteroatoms. The molecule has 4 rings (SSSR count). The van der Waals surface area contributed by atoms with E-state index < -0.39 is 0 Å². The third-order valence-corrected chi connectivity index (χ3v) is 3.85. The maximum absolute atomic E-state index is 4.60. The van der Waals surface area contributed by atoms with Crippen LogP contribution in [-0.4, -0.2) is 0 Å². The number of nitrogens with zero attached hydrogens (tertiary/aromatic N) is 1. The third kappa shape index (κ3) is 2.25. The van der Waals surface area contributed by atoms with Gasteiger partial charge in [-0.3, -0.25) is 0 Å². The van der Waals surface area contributed by atoms with Gasteiger partial charge in [0.25, 0.3) is 0 Å². The molecule has 0 bridgehead atoms. The number of benzene rings is 4. The standard InChI is InChI=1S/C20H15N2/c1-3-11-17-15(7-1)9-5-13-19(17)21-22-20-14-6-10-16-8-2-4-12-18(16)20/h1-14,21H/q-1. The van der Waals surface area contributed by atoms with Crippen molar-refractivity contribution in [3.05, 3.63) is 90.4 Å². The highest BCUT2D eigenvalue weighted by Crippen LogP contribution is 2.31. The maximum Gasteiger partial charge on any atom is 0.0286 e. The van der Waals surface area contributed by atoms with Crippen molar-refractivity contribution in [2.75, 3.05) is 5.43 Å². The average Bonchev–Trinajstić information content (AvgIpc) is 2.60. The zero-order valence-electron chi connectivity index (χ0n) is 12.0. The Morgan fingerprint density at radius 2 is 1.14 bits per heavy atom. The van der Waals surface area contributed by atoms with Gasteiger partial charge < -0.3 is 10.9 Å². The van der Waals surface area contributed by atoms with Gasteiger partial charge in [0, 0.05) is 11.1 Å². The Labute approximate surface area is 129 Å². The molecule has 0 aliphatic heterocycles. The summed E-state index contributed by atoms with van der Waals surface area (Å²) in [5.41, 5.74) is 9.80. The summed E-state index contributed by atoms with van der Waals surface area (Å²) in [5, 5.41) is 4.73.